The number of ether oxygens (including phenoxy) is 1. The normalized spacial score (nSPS) is 21.8. The van der Waals surface area contributed by atoms with E-state index in [2.05, 4.69) is 58.7 Å². The van der Waals surface area contributed by atoms with E-state index >= 15 is 0 Å². The molecular formula is C49H62N10O6S. The highest BCUT2D eigenvalue weighted by molar-refractivity contribution is 7.13. The first-order valence-corrected chi connectivity index (χ1v) is 24.3. The Labute approximate surface area is 390 Å². The number of carbonyl (C=O) groups excluding carboxylic acids is 2. The molecule has 7 heterocycles. The number of nitrogens with zero attached hydrogens (tertiary/aromatic N) is 8. The molecule has 2 amide bonds. The summed E-state index contributed by atoms with van der Waals surface area (Å²) in [7, 11) is 0. The number of aromatic hydroxyl groups is 1. The van der Waals surface area contributed by atoms with Gasteiger partial charge >= 0.3 is 0 Å². The zero-order valence-corrected chi connectivity index (χ0v) is 39.3. The van der Waals surface area contributed by atoms with Crippen LogP contribution >= 0.6 is 11.3 Å². The van der Waals surface area contributed by atoms with Crippen molar-refractivity contribution < 1.29 is 29.1 Å². The number of aryl methyl sites for hydroxylation is 1. The number of amides is 2. The number of thiazole rings is 1. The van der Waals surface area contributed by atoms with Crippen molar-refractivity contribution in [1.82, 2.24) is 40.4 Å². The van der Waals surface area contributed by atoms with Crippen molar-refractivity contribution in [2.24, 2.45) is 11.8 Å². The van der Waals surface area contributed by atoms with Crippen LogP contribution in [0.5, 0.6) is 11.6 Å². The molecule has 0 bridgehead atoms. The van der Waals surface area contributed by atoms with Crippen molar-refractivity contribution >= 4 is 34.7 Å². The van der Waals surface area contributed by atoms with Crippen LogP contribution in [0.3, 0.4) is 0 Å². The summed E-state index contributed by atoms with van der Waals surface area (Å²) >= 11 is 1.59. The molecule has 0 spiro atoms. The van der Waals surface area contributed by atoms with Crippen LogP contribution in [0.25, 0.3) is 21.7 Å². The van der Waals surface area contributed by atoms with Crippen LogP contribution in [0.15, 0.2) is 70.7 Å². The van der Waals surface area contributed by atoms with Crippen molar-refractivity contribution in [3.05, 3.63) is 83.2 Å². The third kappa shape index (κ3) is 9.62. The number of aromatic nitrogens is 4. The summed E-state index contributed by atoms with van der Waals surface area (Å²) in [5.41, 5.74) is 7.23. The summed E-state index contributed by atoms with van der Waals surface area (Å²) < 4.78 is 11.8. The van der Waals surface area contributed by atoms with Gasteiger partial charge in [-0.05, 0) is 93.0 Å². The molecule has 3 fully saturated rings. The molecule has 5 aromatic rings. The quantitative estimate of drug-likeness (QED) is 0.103. The second-order valence-electron chi connectivity index (χ2n) is 18.8. The molecule has 3 saturated heterocycles. The van der Waals surface area contributed by atoms with Gasteiger partial charge in [0.25, 0.3) is 5.88 Å². The van der Waals surface area contributed by atoms with Gasteiger partial charge in [0.1, 0.15) is 24.3 Å². The van der Waals surface area contributed by atoms with E-state index < -0.39 is 18.1 Å². The topological polar surface area (TPSA) is 186 Å². The molecule has 6 atom stereocenters. The number of aliphatic hydroxyl groups excluding tert-OH is 1. The van der Waals surface area contributed by atoms with Crippen LogP contribution in [0.2, 0.25) is 0 Å². The number of nitrogens with one attached hydrogen (secondary N) is 2. The minimum Gasteiger partial charge on any atom is -0.507 e. The second kappa shape index (κ2) is 19.7. The number of phenolic OH excluding ortho intramolecular Hbond substituents is 1. The molecule has 3 aromatic heterocycles. The predicted octanol–water partition coefficient (Wildman–Crippen LogP) is 5.94. The smallest absolute Gasteiger partial charge is 0.254 e. The highest BCUT2D eigenvalue weighted by Gasteiger charge is 2.44. The maximum Gasteiger partial charge on any atom is 0.254 e. The Kier molecular flexibility index (Phi) is 13.6. The van der Waals surface area contributed by atoms with Gasteiger partial charge in [0.2, 0.25) is 11.8 Å². The molecular weight excluding hydrogens is 857 g/mol. The minimum atomic E-state index is -0.818. The van der Waals surface area contributed by atoms with E-state index in [-0.39, 0.29) is 42.5 Å². The molecule has 4 N–H and O–H groups in total. The van der Waals surface area contributed by atoms with E-state index in [4.69, 9.17) is 9.26 Å². The van der Waals surface area contributed by atoms with Crippen molar-refractivity contribution in [1.29, 1.82) is 0 Å². The lowest BCUT2D eigenvalue weighted by molar-refractivity contribution is -0.141. The molecule has 2 aromatic carbocycles. The number of anilines is 2. The number of piperidine rings is 1. The summed E-state index contributed by atoms with van der Waals surface area (Å²) in [5.74, 6) is 0.844. The maximum absolute atomic E-state index is 14.2. The number of fused-ring (bicyclic) bond motifs is 3. The number of β-amino-alcohol motifs (C(OH)–C–C–N with tert-alkyl or cyclic N) is 1. The first kappa shape index (κ1) is 45.5. The molecule has 17 heteroatoms. The number of hydrogen-bond donors (Lipinski definition) is 4. The van der Waals surface area contributed by atoms with Crippen molar-refractivity contribution in [2.45, 2.75) is 90.1 Å². The number of likely N-dealkylation sites (tertiary alicyclic amines) is 2. The number of benzene rings is 2. The van der Waals surface area contributed by atoms with Crippen LogP contribution < -0.4 is 20.3 Å². The fourth-order valence-corrected chi connectivity index (χ4v) is 11.2. The Bertz CT molecular complexity index is 2470. The molecule has 350 valence electrons. The molecule has 16 nitrogen and oxygen atoms in total. The van der Waals surface area contributed by atoms with Crippen molar-refractivity contribution in [3.63, 3.8) is 0 Å². The number of hydrogen-bond acceptors (Lipinski definition) is 15. The lowest BCUT2D eigenvalue weighted by atomic mass is 9.88. The van der Waals surface area contributed by atoms with E-state index in [1.165, 1.54) is 4.90 Å². The molecule has 0 aliphatic carbocycles. The largest absolute Gasteiger partial charge is 0.507 e. The average molecular weight is 919 g/mol. The van der Waals surface area contributed by atoms with Gasteiger partial charge < -0.3 is 39.9 Å². The Morgan fingerprint density at radius 1 is 1.00 bits per heavy atom. The van der Waals surface area contributed by atoms with E-state index in [1.54, 1.807) is 23.5 Å². The van der Waals surface area contributed by atoms with Crippen molar-refractivity contribution in [3.8, 4) is 33.3 Å². The molecule has 0 saturated carbocycles. The van der Waals surface area contributed by atoms with Crippen LogP contribution in [0, 0.1) is 18.8 Å². The summed E-state index contributed by atoms with van der Waals surface area (Å²) in [6.07, 6.45) is 1.57. The Morgan fingerprint density at radius 2 is 1.79 bits per heavy atom. The van der Waals surface area contributed by atoms with E-state index in [9.17, 15) is 19.8 Å². The number of piperazine rings is 1. The van der Waals surface area contributed by atoms with Crippen LogP contribution in [-0.2, 0) is 9.59 Å². The average Bonchev–Trinajstić information content (AvgIpc) is 4.08. The summed E-state index contributed by atoms with van der Waals surface area (Å²) in [4.78, 5) is 42.5. The molecule has 1 unspecified atom stereocenters. The molecule has 66 heavy (non-hydrogen) atoms. The zero-order chi connectivity index (χ0) is 46.1. The molecule has 9 rings (SSSR count). The molecule has 4 aliphatic rings. The summed E-state index contributed by atoms with van der Waals surface area (Å²) in [6, 6.07) is 18.7. The molecule has 4 aliphatic heterocycles. The van der Waals surface area contributed by atoms with Gasteiger partial charge in [0.15, 0.2) is 11.6 Å². The number of para-hydroxylation sites is 1. The number of rotatable bonds is 14. The summed E-state index contributed by atoms with van der Waals surface area (Å²) in [5, 5.41) is 40.8. The highest BCUT2D eigenvalue weighted by atomic mass is 32.1. The number of aliphatic hydroxyl groups is 1. The number of carbonyl (C=O) groups is 2. The van der Waals surface area contributed by atoms with Gasteiger partial charge in [-0.25, -0.2) is 4.98 Å². The minimum absolute atomic E-state index is 0.0631. The van der Waals surface area contributed by atoms with Gasteiger partial charge in [0, 0.05) is 63.4 Å². The Morgan fingerprint density at radius 3 is 2.53 bits per heavy atom. The molecule has 0 radical (unpaired) electrons. The lowest BCUT2D eigenvalue weighted by Crippen LogP contribution is -2.60. The SMILES string of the molecule is Cc1ncsc1-c1ccc([C@H](C)NC(=O)[C@@H]2C[C@@H](O)CN2C(=O)[C@@H](c2cc(OCCN3CCC(C(C)N4CCN5c6cc(-c7ccccc7O)nnc6NC[C@H]5C4)CC3)no2)C(C)C)cc1. The standard InChI is InChI=1S/C49H62N10O6S/c1-29(2)45(49(63)59-27-37(60)22-41(59)48(62)52-30(3)33-10-12-35(13-11-33)46-31(4)51-28-66-46)43-24-44(55-65-43)64-21-20-56-16-14-34(15-17-56)32(5)57-18-19-58-36(26-57)25-50-47-40(58)23-39(53-54-47)38-8-6-7-9-42(38)61/h6-13,23-24,28-30,32,34,36-37,41,45,60-61H,14-22,25-27H2,1-5H3,(H,50,54)(H,52,62)/t30-,32?,36-,37+,41-,45+/m0/s1. The first-order valence-electron chi connectivity index (χ1n) is 23.4. The lowest BCUT2D eigenvalue weighted by Gasteiger charge is -2.49. The van der Waals surface area contributed by atoms with Crippen LogP contribution in [0.4, 0.5) is 11.5 Å². The highest BCUT2D eigenvalue weighted by Crippen LogP contribution is 2.38. The third-order valence-corrected chi connectivity index (χ3v) is 15.2. The fraction of sp³-hybridized carbons (Fsp3) is 0.510. The Hall–Kier alpha value is -5.62. The number of phenols is 1. The fourth-order valence-electron chi connectivity index (χ4n) is 10.3. The third-order valence-electron chi connectivity index (χ3n) is 14.2. The monoisotopic (exact) mass is 918 g/mol. The van der Waals surface area contributed by atoms with E-state index in [1.807, 2.05) is 75.7 Å². The van der Waals surface area contributed by atoms with E-state index in [0.717, 1.165) is 91.9 Å². The first-order chi connectivity index (χ1) is 31.9. The van der Waals surface area contributed by atoms with Gasteiger partial charge in [-0.3, -0.25) is 19.4 Å². The van der Waals surface area contributed by atoms with Crippen LogP contribution in [-0.4, -0.2) is 140 Å². The maximum atomic E-state index is 14.2. The zero-order valence-electron chi connectivity index (χ0n) is 38.5. The van der Waals surface area contributed by atoms with Gasteiger partial charge in [0.05, 0.1) is 45.7 Å². The van der Waals surface area contributed by atoms with Crippen molar-refractivity contribution in [2.75, 3.05) is 69.2 Å². The van der Waals surface area contributed by atoms with Gasteiger partial charge in [-0.2, -0.15) is 0 Å². The van der Waals surface area contributed by atoms with Gasteiger partial charge in [-0.15, -0.1) is 21.5 Å². The second-order valence-corrected chi connectivity index (χ2v) is 19.6. The van der Waals surface area contributed by atoms with Crippen LogP contribution in [0.1, 0.15) is 75.9 Å². The Balaban J connectivity index is 0.735. The van der Waals surface area contributed by atoms with E-state index in [0.29, 0.717) is 47.5 Å². The predicted molar refractivity (Wildman–Crippen MR) is 254 cm³/mol. The summed E-state index contributed by atoms with van der Waals surface area (Å²) in [6.45, 7) is 17.1. The van der Waals surface area contributed by atoms with Gasteiger partial charge in [-0.1, -0.05) is 50.2 Å².